The Labute approximate surface area is 122 Å². The normalized spacial score (nSPS) is 11.1. The molecule has 0 fully saturated rings. The predicted octanol–water partition coefficient (Wildman–Crippen LogP) is 4.61. The second kappa shape index (κ2) is 6.58. The van der Waals surface area contributed by atoms with Crippen LogP contribution in [0.1, 0.15) is 38.1 Å². The van der Waals surface area contributed by atoms with Crippen LogP contribution in [0.25, 0.3) is 0 Å². The monoisotopic (exact) mass is 331 g/mol. The lowest BCUT2D eigenvalue weighted by atomic mass is 10.1. The molecule has 0 aliphatic carbocycles. The lowest BCUT2D eigenvalue weighted by Gasteiger charge is -2.29. The second-order valence-corrected chi connectivity index (χ2v) is 6.28. The van der Waals surface area contributed by atoms with E-state index < -0.39 is 0 Å². The lowest BCUT2D eigenvalue weighted by Crippen LogP contribution is -2.39. The summed E-state index contributed by atoms with van der Waals surface area (Å²) in [7, 11) is 0. The van der Waals surface area contributed by atoms with Gasteiger partial charge < -0.3 is 4.90 Å². The molecule has 1 aromatic rings. The summed E-state index contributed by atoms with van der Waals surface area (Å²) < 4.78 is 0.753. The van der Waals surface area contributed by atoms with Gasteiger partial charge in [0.1, 0.15) is 0 Å². The van der Waals surface area contributed by atoms with Gasteiger partial charge in [-0.25, -0.2) is 0 Å². The molecule has 0 spiro atoms. The van der Waals surface area contributed by atoms with Gasteiger partial charge in [0.15, 0.2) is 0 Å². The Balaban J connectivity index is 3.06. The molecule has 1 aromatic carbocycles. The van der Waals surface area contributed by atoms with Crippen molar-refractivity contribution in [1.82, 2.24) is 4.90 Å². The predicted molar refractivity (Wildman–Crippen MR) is 80.2 cm³/mol. The molecule has 100 valence electrons. The summed E-state index contributed by atoms with van der Waals surface area (Å²) in [5, 5.41) is 0.483. The van der Waals surface area contributed by atoms with Crippen molar-refractivity contribution in [2.75, 3.05) is 6.54 Å². The highest BCUT2D eigenvalue weighted by molar-refractivity contribution is 9.10. The Bertz CT molecular complexity index is 432. The SMILES string of the molecule is CC(C)CN(C(=O)c1cccc(Br)c1Cl)C(C)C. The van der Waals surface area contributed by atoms with E-state index in [-0.39, 0.29) is 11.9 Å². The average Bonchev–Trinajstić information content (AvgIpc) is 2.28. The highest BCUT2D eigenvalue weighted by Crippen LogP contribution is 2.27. The fourth-order valence-electron chi connectivity index (χ4n) is 1.75. The first-order valence-corrected chi connectivity index (χ1v) is 7.26. The zero-order valence-electron chi connectivity index (χ0n) is 11.2. The molecule has 0 saturated heterocycles. The van der Waals surface area contributed by atoms with Crippen molar-refractivity contribution >= 4 is 33.4 Å². The Morgan fingerprint density at radius 2 is 1.94 bits per heavy atom. The van der Waals surface area contributed by atoms with Crippen LogP contribution in [0.4, 0.5) is 0 Å². The van der Waals surface area contributed by atoms with Crippen LogP contribution in [-0.2, 0) is 0 Å². The van der Waals surface area contributed by atoms with Crippen molar-refractivity contribution in [3.63, 3.8) is 0 Å². The van der Waals surface area contributed by atoms with E-state index in [0.717, 1.165) is 11.0 Å². The molecule has 4 heteroatoms. The largest absolute Gasteiger partial charge is 0.336 e. The minimum absolute atomic E-state index is 0.00926. The van der Waals surface area contributed by atoms with Gasteiger partial charge >= 0.3 is 0 Å². The second-order valence-electron chi connectivity index (χ2n) is 5.05. The minimum Gasteiger partial charge on any atom is -0.336 e. The number of amides is 1. The fraction of sp³-hybridized carbons (Fsp3) is 0.500. The zero-order valence-corrected chi connectivity index (χ0v) is 13.5. The summed E-state index contributed by atoms with van der Waals surface area (Å²) >= 11 is 9.53. The topological polar surface area (TPSA) is 20.3 Å². The average molecular weight is 333 g/mol. The van der Waals surface area contributed by atoms with Crippen LogP contribution in [0.15, 0.2) is 22.7 Å². The molecule has 0 heterocycles. The van der Waals surface area contributed by atoms with E-state index in [2.05, 4.69) is 29.8 Å². The van der Waals surface area contributed by atoms with Crippen LogP contribution >= 0.6 is 27.5 Å². The van der Waals surface area contributed by atoms with Gasteiger partial charge in [-0.15, -0.1) is 0 Å². The summed E-state index contributed by atoms with van der Waals surface area (Å²) in [6.07, 6.45) is 0. The van der Waals surface area contributed by atoms with E-state index in [4.69, 9.17) is 11.6 Å². The van der Waals surface area contributed by atoms with Crippen LogP contribution in [0.5, 0.6) is 0 Å². The molecule has 1 amide bonds. The summed E-state index contributed by atoms with van der Waals surface area (Å²) in [4.78, 5) is 14.4. The smallest absolute Gasteiger partial charge is 0.255 e. The van der Waals surface area contributed by atoms with Crippen LogP contribution < -0.4 is 0 Å². The van der Waals surface area contributed by atoms with Crippen LogP contribution in [0.3, 0.4) is 0 Å². The highest BCUT2D eigenvalue weighted by Gasteiger charge is 2.22. The van der Waals surface area contributed by atoms with Crippen molar-refractivity contribution in [2.24, 2.45) is 5.92 Å². The van der Waals surface area contributed by atoms with Crippen molar-refractivity contribution in [3.05, 3.63) is 33.3 Å². The molecule has 18 heavy (non-hydrogen) atoms. The van der Waals surface area contributed by atoms with E-state index in [1.165, 1.54) is 0 Å². The summed E-state index contributed by atoms with van der Waals surface area (Å²) in [5.74, 6) is 0.423. The maximum Gasteiger partial charge on any atom is 0.255 e. The van der Waals surface area contributed by atoms with E-state index in [1.807, 2.05) is 30.9 Å². The highest BCUT2D eigenvalue weighted by atomic mass is 79.9. The molecular formula is C14H19BrClNO. The third-order valence-corrected chi connectivity index (χ3v) is 3.92. The van der Waals surface area contributed by atoms with Gasteiger partial charge in [-0.05, 0) is 47.8 Å². The maximum atomic E-state index is 12.5. The molecule has 2 nitrogen and oxygen atoms in total. The van der Waals surface area contributed by atoms with Crippen LogP contribution in [0, 0.1) is 5.92 Å². The molecule has 0 atom stereocenters. The van der Waals surface area contributed by atoms with E-state index in [1.54, 1.807) is 6.07 Å². The summed E-state index contributed by atoms with van der Waals surface area (Å²) in [5.41, 5.74) is 0.556. The Hall–Kier alpha value is -0.540. The van der Waals surface area contributed by atoms with Gasteiger partial charge in [0.2, 0.25) is 0 Å². The molecule has 0 N–H and O–H groups in total. The third-order valence-electron chi connectivity index (χ3n) is 2.63. The number of hydrogen-bond acceptors (Lipinski definition) is 1. The van der Waals surface area contributed by atoms with Gasteiger partial charge in [0.05, 0.1) is 10.6 Å². The summed E-state index contributed by atoms with van der Waals surface area (Å²) in [6.45, 7) is 8.98. The molecule has 0 radical (unpaired) electrons. The maximum absolute atomic E-state index is 12.5. The van der Waals surface area contributed by atoms with Crippen molar-refractivity contribution in [3.8, 4) is 0 Å². The summed E-state index contributed by atoms with van der Waals surface area (Å²) in [6, 6.07) is 5.60. The number of halogens is 2. The molecule has 0 saturated carbocycles. The van der Waals surface area contributed by atoms with E-state index in [0.29, 0.717) is 16.5 Å². The fourth-order valence-corrected chi connectivity index (χ4v) is 2.32. The standard InChI is InChI=1S/C14H19BrClNO/c1-9(2)8-17(10(3)4)14(18)11-6-5-7-12(15)13(11)16/h5-7,9-10H,8H2,1-4H3. The number of hydrogen-bond donors (Lipinski definition) is 0. The quantitative estimate of drug-likeness (QED) is 0.788. The number of carbonyl (C=O) groups is 1. The van der Waals surface area contributed by atoms with Crippen LogP contribution in [0.2, 0.25) is 5.02 Å². The first-order chi connectivity index (χ1) is 8.34. The number of carbonyl (C=O) groups excluding carboxylic acids is 1. The number of rotatable bonds is 4. The van der Waals surface area contributed by atoms with Crippen molar-refractivity contribution < 1.29 is 4.79 Å². The van der Waals surface area contributed by atoms with Crippen molar-refractivity contribution in [2.45, 2.75) is 33.7 Å². The molecule has 0 bridgehead atoms. The first kappa shape index (κ1) is 15.5. The molecule has 0 aliphatic heterocycles. The molecular weight excluding hydrogens is 314 g/mol. The van der Waals surface area contributed by atoms with E-state index in [9.17, 15) is 4.79 Å². The lowest BCUT2D eigenvalue weighted by molar-refractivity contribution is 0.0682. The third kappa shape index (κ3) is 3.72. The Morgan fingerprint density at radius 1 is 1.33 bits per heavy atom. The number of nitrogens with zero attached hydrogens (tertiary/aromatic N) is 1. The minimum atomic E-state index is -0.00926. The van der Waals surface area contributed by atoms with Gasteiger partial charge in [0.25, 0.3) is 5.91 Å². The zero-order chi connectivity index (χ0) is 13.9. The first-order valence-electron chi connectivity index (χ1n) is 6.09. The molecule has 0 aliphatic rings. The Kier molecular flexibility index (Phi) is 5.67. The van der Waals surface area contributed by atoms with Gasteiger partial charge in [-0.3, -0.25) is 4.79 Å². The molecule has 0 unspecified atom stereocenters. The van der Waals surface area contributed by atoms with E-state index >= 15 is 0 Å². The van der Waals surface area contributed by atoms with Crippen molar-refractivity contribution in [1.29, 1.82) is 0 Å². The molecule has 0 aromatic heterocycles. The molecule has 1 rings (SSSR count). The van der Waals surface area contributed by atoms with Gasteiger partial charge in [-0.2, -0.15) is 0 Å². The van der Waals surface area contributed by atoms with Crippen LogP contribution in [-0.4, -0.2) is 23.4 Å². The van der Waals surface area contributed by atoms with Gasteiger partial charge in [0, 0.05) is 17.1 Å². The van der Waals surface area contributed by atoms with Gasteiger partial charge in [-0.1, -0.05) is 31.5 Å². The number of benzene rings is 1. The Morgan fingerprint density at radius 3 is 2.44 bits per heavy atom.